The first-order chi connectivity index (χ1) is 14.0. The van der Waals surface area contributed by atoms with Gasteiger partial charge in [-0.1, -0.05) is 58.9 Å². The number of phenols is 1. The molecule has 0 saturated heterocycles. The number of carbonyl (C=O) groups excluding carboxylic acids is 1. The Morgan fingerprint density at radius 2 is 2.10 bits per heavy atom. The number of aromatic hydroxyl groups is 1. The second-order valence-electron chi connectivity index (χ2n) is 6.21. The molecule has 0 aliphatic heterocycles. The van der Waals surface area contributed by atoms with E-state index in [4.69, 9.17) is 0 Å². The molecule has 0 spiro atoms. The maximum Gasteiger partial charge on any atom is 0.234 e. The summed E-state index contributed by atoms with van der Waals surface area (Å²) in [4.78, 5) is 12.4. The van der Waals surface area contributed by atoms with Gasteiger partial charge in [-0.3, -0.25) is 9.36 Å². The van der Waals surface area contributed by atoms with Crippen LogP contribution in [0.5, 0.6) is 5.75 Å². The van der Waals surface area contributed by atoms with E-state index in [0.717, 1.165) is 22.1 Å². The number of anilines is 1. The Kier molecular flexibility index (Phi) is 7.11. The van der Waals surface area contributed by atoms with Crippen LogP contribution in [0, 0.1) is 0 Å². The maximum absolute atomic E-state index is 12.4. The van der Waals surface area contributed by atoms with Crippen molar-refractivity contribution >= 4 is 39.3 Å². The summed E-state index contributed by atoms with van der Waals surface area (Å²) in [6.45, 7) is 6.29. The molecule has 0 fully saturated rings. The van der Waals surface area contributed by atoms with Crippen molar-refractivity contribution in [3.05, 3.63) is 65.2 Å². The molecule has 1 heterocycles. The van der Waals surface area contributed by atoms with Crippen molar-refractivity contribution in [3.63, 3.8) is 0 Å². The molecule has 2 aromatic carbocycles. The standard InChI is InChI=1S/C21H21BrN4O2S/c1-3-11-26-20(16-12-15(22)9-10-18(16)27)24-25-21(26)29-13-19(28)23-17-8-6-5-7-14(17)4-2/h3,5-10,12,27H,1,4,11,13H2,2H3,(H,23,28). The molecule has 6 nitrogen and oxygen atoms in total. The Labute approximate surface area is 182 Å². The Morgan fingerprint density at radius 1 is 1.31 bits per heavy atom. The van der Waals surface area contributed by atoms with Gasteiger partial charge >= 0.3 is 0 Å². The lowest BCUT2D eigenvalue weighted by molar-refractivity contribution is -0.113. The van der Waals surface area contributed by atoms with Crippen molar-refractivity contribution in [2.45, 2.75) is 25.0 Å². The van der Waals surface area contributed by atoms with Crippen LogP contribution in [-0.4, -0.2) is 31.5 Å². The van der Waals surface area contributed by atoms with Crippen LogP contribution in [0.3, 0.4) is 0 Å². The fraction of sp³-hybridized carbons (Fsp3) is 0.190. The first-order valence-electron chi connectivity index (χ1n) is 9.07. The van der Waals surface area contributed by atoms with E-state index >= 15 is 0 Å². The highest BCUT2D eigenvalue weighted by Crippen LogP contribution is 2.32. The number of hydrogen-bond acceptors (Lipinski definition) is 5. The molecular formula is C21H21BrN4O2S. The summed E-state index contributed by atoms with van der Waals surface area (Å²) in [5, 5.41) is 22.2. The predicted molar refractivity (Wildman–Crippen MR) is 120 cm³/mol. The number of halogens is 1. The molecule has 150 valence electrons. The van der Waals surface area contributed by atoms with Gasteiger partial charge in [-0.05, 0) is 36.2 Å². The van der Waals surface area contributed by atoms with Crippen molar-refractivity contribution in [2.24, 2.45) is 0 Å². The maximum atomic E-state index is 12.4. The minimum absolute atomic E-state index is 0.108. The lowest BCUT2D eigenvalue weighted by atomic mass is 10.1. The average Bonchev–Trinajstić information content (AvgIpc) is 3.11. The highest BCUT2D eigenvalue weighted by Gasteiger charge is 2.18. The Bertz CT molecular complexity index is 1040. The zero-order chi connectivity index (χ0) is 20.8. The van der Waals surface area contributed by atoms with Crippen LogP contribution in [0.25, 0.3) is 11.4 Å². The summed E-state index contributed by atoms with van der Waals surface area (Å²) in [6, 6.07) is 12.9. The van der Waals surface area contributed by atoms with Crippen LogP contribution in [0.4, 0.5) is 5.69 Å². The number of nitrogens with zero attached hydrogens (tertiary/aromatic N) is 3. The molecule has 29 heavy (non-hydrogen) atoms. The molecule has 1 aromatic heterocycles. The molecular weight excluding hydrogens is 452 g/mol. The minimum Gasteiger partial charge on any atom is -0.507 e. The molecule has 3 aromatic rings. The van der Waals surface area contributed by atoms with E-state index in [0.29, 0.717) is 23.1 Å². The zero-order valence-corrected chi connectivity index (χ0v) is 18.3. The van der Waals surface area contributed by atoms with Crippen LogP contribution in [0.15, 0.2) is 64.7 Å². The third kappa shape index (κ3) is 5.07. The molecule has 0 radical (unpaired) electrons. The summed E-state index contributed by atoms with van der Waals surface area (Å²) in [6.07, 6.45) is 2.57. The Balaban J connectivity index is 1.77. The van der Waals surface area contributed by atoms with Crippen molar-refractivity contribution in [1.29, 1.82) is 0 Å². The number of aryl methyl sites for hydroxylation is 1. The van der Waals surface area contributed by atoms with Gasteiger partial charge in [0.15, 0.2) is 11.0 Å². The summed E-state index contributed by atoms with van der Waals surface area (Å²) in [5.74, 6) is 0.702. The third-order valence-electron chi connectivity index (χ3n) is 4.23. The van der Waals surface area contributed by atoms with Crippen molar-refractivity contribution in [2.75, 3.05) is 11.1 Å². The third-order valence-corrected chi connectivity index (χ3v) is 5.69. The average molecular weight is 473 g/mol. The lowest BCUT2D eigenvalue weighted by Gasteiger charge is -2.11. The highest BCUT2D eigenvalue weighted by atomic mass is 79.9. The van der Waals surface area contributed by atoms with Gasteiger partial charge in [0.2, 0.25) is 5.91 Å². The minimum atomic E-state index is -0.115. The van der Waals surface area contributed by atoms with Crippen LogP contribution >= 0.6 is 27.7 Å². The largest absolute Gasteiger partial charge is 0.507 e. The van der Waals surface area contributed by atoms with Crippen LogP contribution in [0.2, 0.25) is 0 Å². The molecule has 0 bridgehead atoms. The predicted octanol–water partition coefficient (Wildman–Crippen LogP) is 4.89. The summed E-state index contributed by atoms with van der Waals surface area (Å²) in [7, 11) is 0. The SMILES string of the molecule is C=CCn1c(SCC(=O)Nc2ccccc2CC)nnc1-c1cc(Br)ccc1O. The molecule has 2 N–H and O–H groups in total. The molecule has 0 atom stereocenters. The van der Waals surface area contributed by atoms with Crippen molar-refractivity contribution in [1.82, 2.24) is 14.8 Å². The van der Waals surface area contributed by atoms with E-state index in [-0.39, 0.29) is 17.4 Å². The Hall–Kier alpha value is -2.58. The van der Waals surface area contributed by atoms with Crippen LogP contribution in [-0.2, 0) is 17.8 Å². The van der Waals surface area contributed by atoms with Gasteiger partial charge < -0.3 is 10.4 Å². The highest BCUT2D eigenvalue weighted by molar-refractivity contribution is 9.10. The normalized spacial score (nSPS) is 10.7. The molecule has 0 saturated carbocycles. The summed E-state index contributed by atoms with van der Waals surface area (Å²) in [5.41, 5.74) is 2.47. The molecule has 3 rings (SSSR count). The number of carbonyl (C=O) groups is 1. The Morgan fingerprint density at radius 3 is 2.86 bits per heavy atom. The summed E-state index contributed by atoms with van der Waals surface area (Å²) < 4.78 is 2.65. The van der Waals surface area contributed by atoms with E-state index in [1.54, 1.807) is 24.3 Å². The topological polar surface area (TPSA) is 80.0 Å². The van der Waals surface area contributed by atoms with E-state index in [1.165, 1.54) is 11.8 Å². The number of amides is 1. The van der Waals surface area contributed by atoms with Crippen molar-refractivity contribution in [3.8, 4) is 17.1 Å². The van der Waals surface area contributed by atoms with E-state index in [9.17, 15) is 9.90 Å². The second kappa shape index (κ2) is 9.76. The summed E-state index contributed by atoms with van der Waals surface area (Å²) >= 11 is 4.70. The van der Waals surface area contributed by atoms with Gasteiger partial charge in [-0.25, -0.2) is 0 Å². The zero-order valence-electron chi connectivity index (χ0n) is 15.9. The van der Waals surface area contributed by atoms with Crippen LogP contribution in [0.1, 0.15) is 12.5 Å². The van der Waals surface area contributed by atoms with Crippen molar-refractivity contribution < 1.29 is 9.90 Å². The van der Waals surface area contributed by atoms with E-state index < -0.39 is 0 Å². The van der Waals surface area contributed by atoms with Gasteiger partial charge in [-0.15, -0.1) is 16.8 Å². The molecule has 0 aliphatic carbocycles. The molecule has 0 aliphatic rings. The van der Waals surface area contributed by atoms with Crippen LogP contribution < -0.4 is 5.32 Å². The first kappa shape index (κ1) is 21.1. The number of hydrogen-bond donors (Lipinski definition) is 2. The van der Waals surface area contributed by atoms with E-state index in [1.807, 2.05) is 28.8 Å². The van der Waals surface area contributed by atoms with Gasteiger partial charge in [0.25, 0.3) is 0 Å². The first-order valence-corrected chi connectivity index (χ1v) is 10.8. The fourth-order valence-corrected chi connectivity index (χ4v) is 3.95. The lowest BCUT2D eigenvalue weighted by Crippen LogP contribution is -2.15. The number of rotatable bonds is 8. The number of allylic oxidation sites excluding steroid dienone is 1. The molecule has 1 amide bonds. The number of para-hydroxylation sites is 1. The monoisotopic (exact) mass is 472 g/mol. The number of nitrogens with one attached hydrogen (secondary N) is 1. The van der Waals surface area contributed by atoms with E-state index in [2.05, 4.69) is 44.9 Å². The van der Waals surface area contributed by atoms with Gasteiger partial charge in [-0.2, -0.15) is 0 Å². The molecule has 0 unspecified atom stereocenters. The smallest absolute Gasteiger partial charge is 0.234 e. The second-order valence-corrected chi connectivity index (χ2v) is 8.07. The molecule has 8 heteroatoms. The fourth-order valence-electron chi connectivity index (χ4n) is 2.84. The number of benzene rings is 2. The number of thioether (sulfide) groups is 1. The van der Waals surface area contributed by atoms with Gasteiger partial charge in [0.05, 0.1) is 11.3 Å². The quantitative estimate of drug-likeness (QED) is 0.360. The number of aromatic nitrogens is 3. The van der Waals surface area contributed by atoms with Gasteiger partial charge in [0, 0.05) is 16.7 Å². The van der Waals surface area contributed by atoms with Gasteiger partial charge in [0.1, 0.15) is 5.75 Å². The number of phenolic OH excluding ortho intramolecular Hbond substituents is 1.